The third-order valence-corrected chi connectivity index (χ3v) is 3.58. The van der Waals surface area contributed by atoms with Crippen LogP contribution in [0.15, 0.2) is 42.2 Å². The number of hydrogen-bond acceptors (Lipinski definition) is 7. The first-order valence-electron chi connectivity index (χ1n) is 8.66. The van der Waals surface area contributed by atoms with Gasteiger partial charge in [-0.25, -0.2) is 4.79 Å². The molecule has 0 saturated carbocycles. The van der Waals surface area contributed by atoms with Crippen LogP contribution >= 0.6 is 0 Å². The van der Waals surface area contributed by atoms with Crippen molar-refractivity contribution in [2.75, 3.05) is 20.3 Å². The molecule has 0 spiro atoms. The van der Waals surface area contributed by atoms with Crippen LogP contribution in [0.4, 0.5) is 0 Å². The first-order chi connectivity index (χ1) is 13.0. The first kappa shape index (κ1) is 20.5. The molecule has 1 aliphatic rings. The summed E-state index contributed by atoms with van der Waals surface area (Å²) in [5, 5.41) is 0. The maximum atomic E-state index is 12.3. The largest absolute Gasteiger partial charge is 0.497 e. The van der Waals surface area contributed by atoms with Crippen molar-refractivity contribution in [1.29, 1.82) is 0 Å². The van der Waals surface area contributed by atoms with E-state index in [9.17, 15) is 9.59 Å². The summed E-state index contributed by atoms with van der Waals surface area (Å²) in [6.07, 6.45) is 4.54. The number of methoxy groups -OCH3 is 1. The van der Waals surface area contributed by atoms with E-state index in [1.165, 1.54) is 6.92 Å². The monoisotopic (exact) mass is 376 g/mol. The second kappa shape index (κ2) is 10.4. The molecule has 0 unspecified atom stereocenters. The predicted molar refractivity (Wildman–Crippen MR) is 97.7 cm³/mol. The summed E-state index contributed by atoms with van der Waals surface area (Å²) in [5.41, 5.74) is 0.722. The van der Waals surface area contributed by atoms with Crippen molar-refractivity contribution in [2.24, 2.45) is 0 Å². The van der Waals surface area contributed by atoms with Crippen LogP contribution in [-0.4, -0.2) is 44.7 Å². The average Bonchev–Trinajstić information content (AvgIpc) is 2.66. The van der Waals surface area contributed by atoms with Crippen LogP contribution in [0.25, 0.3) is 6.08 Å². The lowest BCUT2D eigenvalue weighted by Gasteiger charge is -2.26. The Bertz CT molecular complexity index is 708. The van der Waals surface area contributed by atoms with E-state index in [-0.39, 0.29) is 24.9 Å². The molecule has 2 atom stereocenters. The Morgan fingerprint density at radius 3 is 2.81 bits per heavy atom. The molecule has 1 aromatic rings. The smallest absolute Gasteiger partial charge is 0.373 e. The third kappa shape index (κ3) is 6.79. The minimum atomic E-state index is -0.697. The summed E-state index contributed by atoms with van der Waals surface area (Å²) in [6, 6.07) is 7.20. The van der Waals surface area contributed by atoms with Gasteiger partial charge in [0, 0.05) is 13.3 Å². The molecule has 146 valence electrons. The molecule has 0 saturated heterocycles. The van der Waals surface area contributed by atoms with Crippen molar-refractivity contribution in [3.8, 4) is 5.75 Å². The molecule has 7 heteroatoms. The van der Waals surface area contributed by atoms with Crippen molar-refractivity contribution >= 4 is 18.0 Å². The van der Waals surface area contributed by atoms with Gasteiger partial charge in [0.05, 0.1) is 13.7 Å². The van der Waals surface area contributed by atoms with E-state index in [4.69, 9.17) is 23.7 Å². The van der Waals surface area contributed by atoms with Crippen LogP contribution in [0.2, 0.25) is 0 Å². The highest BCUT2D eigenvalue weighted by Crippen LogP contribution is 2.21. The topological polar surface area (TPSA) is 80.3 Å². The van der Waals surface area contributed by atoms with E-state index in [0.717, 1.165) is 5.56 Å². The summed E-state index contributed by atoms with van der Waals surface area (Å²) in [6.45, 7) is 3.35. The quantitative estimate of drug-likeness (QED) is 0.299. The number of carbonyl (C=O) groups is 2. The Morgan fingerprint density at radius 1 is 1.30 bits per heavy atom. The maximum absolute atomic E-state index is 12.3. The molecule has 1 aromatic carbocycles. The number of rotatable bonds is 8. The van der Waals surface area contributed by atoms with E-state index in [1.54, 1.807) is 38.3 Å². The maximum Gasteiger partial charge on any atom is 0.373 e. The zero-order chi connectivity index (χ0) is 19.6. The summed E-state index contributed by atoms with van der Waals surface area (Å²) < 4.78 is 26.7. The Balaban J connectivity index is 2.12. The van der Waals surface area contributed by atoms with Gasteiger partial charge in [-0.3, -0.25) is 4.79 Å². The fraction of sp³-hybridized carbons (Fsp3) is 0.400. The second-order valence-electron chi connectivity index (χ2n) is 5.69. The highest BCUT2D eigenvalue weighted by atomic mass is 16.7. The van der Waals surface area contributed by atoms with Gasteiger partial charge in [-0.1, -0.05) is 24.3 Å². The molecule has 1 heterocycles. The number of carbonyl (C=O) groups excluding carboxylic acids is 2. The van der Waals surface area contributed by atoms with Gasteiger partial charge in [0.15, 0.2) is 0 Å². The van der Waals surface area contributed by atoms with Crippen LogP contribution < -0.4 is 4.74 Å². The second-order valence-corrected chi connectivity index (χ2v) is 5.69. The summed E-state index contributed by atoms with van der Waals surface area (Å²) >= 11 is 0. The molecule has 2 rings (SSSR count). The Labute approximate surface area is 158 Å². The third-order valence-electron chi connectivity index (χ3n) is 3.58. The summed E-state index contributed by atoms with van der Waals surface area (Å²) in [4.78, 5) is 23.2. The van der Waals surface area contributed by atoms with Crippen molar-refractivity contribution in [1.82, 2.24) is 0 Å². The van der Waals surface area contributed by atoms with Gasteiger partial charge >= 0.3 is 11.9 Å². The van der Waals surface area contributed by atoms with Crippen molar-refractivity contribution in [3.05, 3.63) is 47.7 Å². The Morgan fingerprint density at radius 2 is 2.11 bits per heavy atom. The molecule has 0 fully saturated rings. The first-order valence-corrected chi connectivity index (χ1v) is 8.66. The molecule has 0 radical (unpaired) electrons. The van der Waals surface area contributed by atoms with E-state index in [2.05, 4.69) is 0 Å². The molecular formula is C20H24O7. The molecule has 0 N–H and O–H groups in total. The van der Waals surface area contributed by atoms with E-state index < -0.39 is 18.4 Å². The molecule has 0 amide bonds. The minimum Gasteiger partial charge on any atom is -0.497 e. The molecule has 0 aromatic heterocycles. The van der Waals surface area contributed by atoms with Crippen LogP contribution in [0, 0.1) is 0 Å². The molecule has 1 aliphatic heterocycles. The van der Waals surface area contributed by atoms with Gasteiger partial charge in [0.2, 0.25) is 12.0 Å². The van der Waals surface area contributed by atoms with Crippen LogP contribution in [-0.2, 0) is 28.5 Å². The average molecular weight is 376 g/mol. The highest BCUT2D eigenvalue weighted by Gasteiger charge is 2.24. The van der Waals surface area contributed by atoms with Crippen molar-refractivity contribution in [2.45, 2.75) is 32.7 Å². The lowest BCUT2D eigenvalue weighted by atomic mass is 10.2. The van der Waals surface area contributed by atoms with Crippen molar-refractivity contribution in [3.63, 3.8) is 0 Å². The van der Waals surface area contributed by atoms with Gasteiger partial charge in [0.1, 0.15) is 18.5 Å². The molecular weight excluding hydrogens is 352 g/mol. The lowest BCUT2D eigenvalue weighted by Crippen LogP contribution is -2.31. The van der Waals surface area contributed by atoms with E-state index in [0.29, 0.717) is 12.2 Å². The minimum absolute atomic E-state index is 0.0247. The van der Waals surface area contributed by atoms with E-state index >= 15 is 0 Å². The fourth-order valence-corrected chi connectivity index (χ4v) is 2.38. The summed E-state index contributed by atoms with van der Waals surface area (Å²) in [5.74, 6) is -0.294. The SMILES string of the molecule is CCOC(=O)C(=Cc1cccc(OC)c1)O[C@@H]1CC=C[C@@H](COC(C)=O)O1. The zero-order valence-corrected chi connectivity index (χ0v) is 15.7. The van der Waals surface area contributed by atoms with E-state index in [1.807, 2.05) is 18.2 Å². The Hall–Kier alpha value is -2.80. The van der Waals surface area contributed by atoms with Gasteiger partial charge in [-0.2, -0.15) is 0 Å². The van der Waals surface area contributed by atoms with Gasteiger partial charge in [-0.15, -0.1) is 0 Å². The van der Waals surface area contributed by atoms with Crippen LogP contribution in [0.3, 0.4) is 0 Å². The number of benzene rings is 1. The predicted octanol–water partition coefficient (Wildman–Crippen LogP) is 2.85. The number of esters is 2. The molecule has 0 bridgehead atoms. The summed E-state index contributed by atoms with van der Waals surface area (Å²) in [7, 11) is 1.57. The molecule has 0 aliphatic carbocycles. The highest BCUT2D eigenvalue weighted by molar-refractivity contribution is 5.91. The van der Waals surface area contributed by atoms with Crippen LogP contribution in [0.5, 0.6) is 5.75 Å². The zero-order valence-electron chi connectivity index (χ0n) is 15.7. The number of hydrogen-bond donors (Lipinski definition) is 0. The molecule has 7 nitrogen and oxygen atoms in total. The fourth-order valence-electron chi connectivity index (χ4n) is 2.38. The standard InChI is InChI=1S/C20H24O7/c1-4-24-20(22)18(12-15-7-5-8-16(11-15)23-3)27-19-10-6-9-17(26-19)13-25-14(2)21/h5-9,11-12,17,19H,4,10,13H2,1-3H3/t17-,19+/m0/s1. The van der Waals surface area contributed by atoms with Gasteiger partial charge in [0.25, 0.3) is 0 Å². The lowest BCUT2D eigenvalue weighted by molar-refractivity contribution is -0.172. The van der Waals surface area contributed by atoms with Crippen molar-refractivity contribution < 1.29 is 33.3 Å². The van der Waals surface area contributed by atoms with Crippen LogP contribution in [0.1, 0.15) is 25.8 Å². The molecule has 27 heavy (non-hydrogen) atoms. The van der Waals surface area contributed by atoms with Gasteiger partial charge in [-0.05, 0) is 30.7 Å². The Kier molecular flexibility index (Phi) is 7.88. The van der Waals surface area contributed by atoms with Gasteiger partial charge < -0.3 is 23.7 Å². The number of ether oxygens (including phenoxy) is 5. The normalized spacial score (nSPS) is 19.3.